The van der Waals surface area contributed by atoms with E-state index in [1.54, 1.807) is 60.5 Å². The summed E-state index contributed by atoms with van der Waals surface area (Å²) in [6.45, 7) is 15.8. The molecule has 5 heterocycles. The van der Waals surface area contributed by atoms with Gasteiger partial charge in [-0.3, -0.25) is 19.0 Å². The van der Waals surface area contributed by atoms with Gasteiger partial charge in [-0.05, 0) is 109 Å². The molecule has 0 radical (unpaired) electrons. The highest BCUT2D eigenvalue weighted by molar-refractivity contribution is 9.10. The molecule has 5 aromatic rings. The molecule has 0 spiro atoms. The Hall–Kier alpha value is -5.19. The molecular weight excluding hydrogens is 1050 g/mol. The Morgan fingerprint density at radius 2 is 1.11 bits per heavy atom. The molecule has 374 valence electrons. The summed E-state index contributed by atoms with van der Waals surface area (Å²) in [5, 5.41) is 8.68. The molecule has 3 aromatic carbocycles. The second-order valence-electron chi connectivity index (χ2n) is 17.2. The first-order chi connectivity index (χ1) is 33.3. The average molecular weight is 1100 g/mol. The van der Waals surface area contributed by atoms with Crippen LogP contribution in [0, 0.1) is 17.5 Å². The maximum Gasteiger partial charge on any atom is 0.494 e. The molecule has 3 saturated heterocycles. The monoisotopic (exact) mass is 1100 g/mol. The predicted molar refractivity (Wildman–Crippen MR) is 259 cm³/mol. The molecule has 70 heavy (non-hydrogen) atoms. The molecule has 0 aliphatic carbocycles. The molecule has 2 aromatic heterocycles. The quantitative estimate of drug-likeness (QED) is 0.0360. The third-order valence-corrected chi connectivity index (χ3v) is 12.9. The maximum absolute atomic E-state index is 15.4. The van der Waals surface area contributed by atoms with Crippen LogP contribution in [0.15, 0.2) is 75.9 Å². The van der Waals surface area contributed by atoms with Gasteiger partial charge in [0.2, 0.25) is 0 Å². The first-order valence-corrected chi connectivity index (χ1v) is 24.3. The Labute approximate surface area is 421 Å². The molecule has 0 unspecified atom stereocenters. The Morgan fingerprint density at radius 1 is 0.657 bits per heavy atom. The fourth-order valence-electron chi connectivity index (χ4n) is 7.65. The van der Waals surface area contributed by atoms with Crippen molar-refractivity contribution in [2.75, 3.05) is 46.2 Å². The molecule has 3 aliphatic rings. The third kappa shape index (κ3) is 12.6. The lowest BCUT2D eigenvalue weighted by Crippen LogP contribution is -2.41. The smallest absolute Gasteiger partial charge is 0.466 e. The van der Waals surface area contributed by atoms with Crippen molar-refractivity contribution in [3.05, 3.63) is 110 Å². The number of carbonyl (C=O) groups excluding carboxylic acids is 4. The topological polar surface area (TPSA) is 169 Å². The minimum Gasteiger partial charge on any atom is -0.466 e. The van der Waals surface area contributed by atoms with Gasteiger partial charge in [0.15, 0.2) is 5.78 Å². The summed E-state index contributed by atoms with van der Waals surface area (Å²) < 4.78 is 85.5. The Bertz CT molecular complexity index is 2670. The van der Waals surface area contributed by atoms with Gasteiger partial charge in [0.05, 0.1) is 85.7 Å². The number of nitrogens with zero attached hydrogens (tertiary/aromatic N) is 4. The molecule has 0 N–H and O–H groups in total. The van der Waals surface area contributed by atoms with Crippen LogP contribution in [0.2, 0.25) is 0 Å². The number of rotatable bonds is 13. The molecule has 0 bridgehead atoms. The molecule has 2 atom stereocenters. The zero-order valence-corrected chi connectivity index (χ0v) is 43.0. The van der Waals surface area contributed by atoms with Crippen molar-refractivity contribution in [2.24, 2.45) is 0 Å². The molecule has 21 heteroatoms. The molecule has 15 nitrogen and oxygen atoms in total. The summed E-state index contributed by atoms with van der Waals surface area (Å²) >= 11 is 6.32. The van der Waals surface area contributed by atoms with Gasteiger partial charge in [-0.1, -0.05) is 44.0 Å². The van der Waals surface area contributed by atoms with Crippen LogP contribution in [-0.4, -0.2) is 108 Å². The van der Waals surface area contributed by atoms with Crippen molar-refractivity contribution >= 4 is 68.1 Å². The number of hydrogen-bond donors (Lipinski definition) is 0. The number of carbonyl (C=O) groups is 4. The molecule has 0 saturated carbocycles. The number of Topliss-reactive ketones (excluding diaryl/α,β-unsaturated/α-hetero) is 1. The van der Waals surface area contributed by atoms with Crippen LogP contribution >= 0.6 is 31.9 Å². The first-order valence-electron chi connectivity index (χ1n) is 22.7. The summed E-state index contributed by atoms with van der Waals surface area (Å²) in [4.78, 5) is 47.3. The molecule has 3 aliphatic heterocycles. The maximum atomic E-state index is 15.4. The van der Waals surface area contributed by atoms with Crippen LogP contribution in [0.4, 0.5) is 13.2 Å². The lowest BCUT2D eigenvalue weighted by atomic mass is 9.78. The Morgan fingerprint density at radius 3 is 1.54 bits per heavy atom. The van der Waals surface area contributed by atoms with E-state index in [9.17, 15) is 28.0 Å². The van der Waals surface area contributed by atoms with E-state index in [1.807, 2.05) is 27.7 Å². The van der Waals surface area contributed by atoms with E-state index in [-0.39, 0.29) is 54.2 Å². The summed E-state index contributed by atoms with van der Waals surface area (Å²) in [5.41, 5.74) is 1.35. The van der Waals surface area contributed by atoms with E-state index >= 15 is 4.39 Å². The Kier molecular flexibility index (Phi) is 18.4. The molecular formula is C49H54BBr2F3N4O11. The van der Waals surface area contributed by atoms with Crippen molar-refractivity contribution in [3.8, 4) is 22.5 Å². The van der Waals surface area contributed by atoms with E-state index in [0.29, 0.717) is 57.8 Å². The zero-order valence-electron chi connectivity index (χ0n) is 39.8. The molecule has 3 fully saturated rings. The number of benzene rings is 3. The number of hydrogen-bond acceptors (Lipinski definition) is 13. The largest absolute Gasteiger partial charge is 0.494 e. The highest BCUT2D eigenvalue weighted by Gasteiger charge is 2.52. The third-order valence-electron chi connectivity index (χ3n) is 11.9. The van der Waals surface area contributed by atoms with Gasteiger partial charge >= 0.3 is 25.0 Å². The summed E-state index contributed by atoms with van der Waals surface area (Å²) in [6, 6.07) is 13.5. The average Bonchev–Trinajstić information content (AvgIpc) is 4.16. The first kappa shape index (κ1) is 54.2. The number of halogens is 5. The standard InChI is InChI=1S/C22H28BFN2O5.C16H16BrFN2O3.C11H10BrFO3/c1-6-29-20(27)17-12-25-26(15-9-10-28-13-15)19(17)16-8-7-14(11-18(16)24)23-30-21(2,3)22(4,5)31-23;1-2-23-16(21)13-8-19-20(11-5-6-22-9-11)15(13)12-4-3-10(17)7-14(12)18;1-2-16-11(15)6-10(14)8-4-3-7(12)5-9(8)13/h7-8,11-12,15H,6,9-10,13H2,1-5H3;3-4,7-8,11H,2,5-6,9H2,1H3;3-5H,2,6H2,1H3/t15-;11-;/m00./s1. The van der Waals surface area contributed by atoms with Gasteiger partial charge < -0.3 is 33.0 Å². The van der Waals surface area contributed by atoms with Gasteiger partial charge in [-0.15, -0.1) is 0 Å². The van der Waals surface area contributed by atoms with Crippen molar-refractivity contribution in [1.29, 1.82) is 0 Å². The van der Waals surface area contributed by atoms with E-state index in [2.05, 4.69) is 46.8 Å². The van der Waals surface area contributed by atoms with Crippen LogP contribution < -0.4 is 5.46 Å². The minimum atomic E-state index is -0.675. The summed E-state index contributed by atoms with van der Waals surface area (Å²) in [6.07, 6.45) is 3.95. The highest BCUT2D eigenvalue weighted by atomic mass is 79.9. The van der Waals surface area contributed by atoms with Crippen molar-refractivity contribution in [1.82, 2.24) is 19.6 Å². The van der Waals surface area contributed by atoms with Gasteiger partial charge in [-0.25, -0.2) is 22.8 Å². The van der Waals surface area contributed by atoms with Crippen molar-refractivity contribution in [3.63, 3.8) is 0 Å². The fourth-order valence-corrected chi connectivity index (χ4v) is 8.31. The van der Waals surface area contributed by atoms with Crippen molar-refractivity contribution in [2.45, 2.75) is 91.0 Å². The van der Waals surface area contributed by atoms with Crippen LogP contribution in [-0.2, 0) is 37.8 Å². The summed E-state index contributed by atoms with van der Waals surface area (Å²) in [7, 11) is -0.675. The second kappa shape index (κ2) is 23.8. The number of ether oxygens (including phenoxy) is 5. The fraction of sp³-hybridized carbons (Fsp3) is 0.429. The van der Waals surface area contributed by atoms with E-state index in [4.69, 9.17) is 28.3 Å². The van der Waals surface area contributed by atoms with Crippen molar-refractivity contribution < 1.29 is 65.3 Å². The van der Waals surface area contributed by atoms with Crippen LogP contribution in [0.25, 0.3) is 22.5 Å². The number of esters is 3. The van der Waals surface area contributed by atoms with Gasteiger partial charge in [-0.2, -0.15) is 10.2 Å². The SMILES string of the molecule is CCOC(=O)CC(=O)c1ccc(Br)cc1F.CCOC(=O)c1cnn([C@H]2CCOC2)c1-c1ccc(B2OC(C)(C)C(C)(C)O2)cc1F.CCOC(=O)c1cnn([C@H]2CCOC2)c1-c1ccc(Br)cc1F. The van der Waals surface area contributed by atoms with Gasteiger partial charge in [0.1, 0.15) is 35.0 Å². The lowest BCUT2D eigenvalue weighted by molar-refractivity contribution is -0.141. The predicted octanol–water partition coefficient (Wildman–Crippen LogP) is 9.44. The normalized spacial score (nSPS) is 17.8. The lowest BCUT2D eigenvalue weighted by Gasteiger charge is -2.32. The Balaban J connectivity index is 0.000000182. The number of aromatic nitrogens is 4. The van der Waals surface area contributed by atoms with Gasteiger partial charge in [0.25, 0.3) is 0 Å². The van der Waals surface area contributed by atoms with Crippen LogP contribution in [0.5, 0.6) is 0 Å². The number of ketones is 1. The summed E-state index contributed by atoms with van der Waals surface area (Å²) in [5.74, 6) is -3.82. The van der Waals surface area contributed by atoms with Crippen LogP contribution in [0.3, 0.4) is 0 Å². The minimum absolute atomic E-state index is 0.0174. The second-order valence-corrected chi connectivity index (χ2v) is 19.0. The molecule has 8 rings (SSSR count). The van der Waals surface area contributed by atoms with E-state index in [1.165, 1.54) is 36.7 Å². The van der Waals surface area contributed by atoms with E-state index in [0.717, 1.165) is 12.8 Å². The van der Waals surface area contributed by atoms with E-state index < -0.39 is 65.9 Å². The van der Waals surface area contributed by atoms with Gasteiger partial charge in [0, 0.05) is 33.3 Å². The van der Waals surface area contributed by atoms with Crippen LogP contribution in [0.1, 0.15) is 111 Å². The molecule has 0 amide bonds. The highest BCUT2D eigenvalue weighted by Crippen LogP contribution is 2.38. The zero-order chi connectivity index (χ0) is 50.9.